The summed E-state index contributed by atoms with van der Waals surface area (Å²) in [6.45, 7) is 1.96. The van der Waals surface area contributed by atoms with Gasteiger partial charge in [0.15, 0.2) is 0 Å². The number of fused-ring (bicyclic) bond motifs is 1. The molecule has 2 heterocycles. The number of rotatable bonds is 5. The smallest absolute Gasteiger partial charge is 0.416 e. The number of benzene rings is 3. The normalized spacial score (nSPS) is 17.5. The van der Waals surface area contributed by atoms with Crippen LogP contribution < -0.4 is 14.5 Å². The van der Waals surface area contributed by atoms with Crippen molar-refractivity contribution in [2.75, 3.05) is 43.1 Å². The first-order valence-corrected chi connectivity index (χ1v) is 12.3. The van der Waals surface area contributed by atoms with Crippen LogP contribution in [0.5, 0.6) is 5.75 Å². The van der Waals surface area contributed by atoms with E-state index in [1.54, 1.807) is 31.4 Å². The topological polar surface area (TPSA) is 68.6 Å². The van der Waals surface area contributed by atoms with Gasteiger partial charge in [0.2, 0.25) is 5.96 Å². The zero-order valence-electron chi connectivity index (χ0n) is 21.0. The molecule has 5 rings (SSSR count). The average Bonchev–Trinajstić information content (AvgIpc) is 2.92. The lowest BCUT2D eigenvalue weighted by Gasteiger charge is -2.45. The molecular weight excluding hydrogens is 516 g/mol. The fourth-order valence-electron chi connectivity index (χ4n) is 5.02. The number of anilines is 2. The minimum Gasteiger partial charge on any atom is -0.497 e. The standard InChI is InChI=1S/C28H26F4N4O3/c1-39-20-6-4-5-19(16-20)34-11-13-35(14-12-34)27-33-23-8-3-2-7-21(23)24(17-26(37)38)36(27)25-15-18(28(30,31)32)9-10-22(25)29/h2-10,15-16,24H,11-14,17H2,1H3,(H,37,38). The Morgan fingerprint density at radius 3 is 2.41 bits per heavy atom. The summed E-state index contributed by atoms with van der Waals surface area (Å²) in [6, 6.07) is 15.6. The number of carboxylic acid groups (broad SMARTS) is 1. The summed E-state index contributed by atoms with van der Waals surface area (Å²) in [5.41, 5.74) is 0.538. The van der Waals surface area contributed by atoms with Crippen molar-refractivity contribution in [3.8, 4) is 5.75 Å². The van der Waals surface area contributed by atoms with E-state index >= 15 is 4.39 Å². The van der Waals surface area contributed by atoms with E-state index in [9.17, 15) is 23.1 Å². The number of alkyl halides is 3. The molecule has 0 spiro atoms. The number of nitrogens with zero attached hydrogens (tertiary/aromatic N) is 4. The Hall–Kier alpha value is -4.28. The molecule has 1 fully saturated rings. The summed E-state index contributed by atoms with van der Waals surface area (Å²) < 4.78 is 61.5. The number of hydrogen-bond donors (Lipinski definition) is 1. The maximum atomic E-state index is 15.3. The number of aliphatic carboxylic acids is 1. The molecule has 1 saturated heterocycles. The molecule has 2 aliphatic rings. The number of para-hydroxylation sites is 1. The van der Waals surface area contributed by atoms with Gasteiger partial charge in [0.1, 0.15) is 11.6 Å². The Labute approximate surface area is 222 Å². The highest BCUT2D eigenvalue weighted by Crippen LogP contribution is 2.43. The second kappa shape index (κ2) is 10.5. The predicted molar refractivity (Wildman–Crippen MR) is 139 cm³/mol. The Morgan fingerprint density at radius 2 is 1.72 bits per heavy atom. The van der Waals surface area contributed by atoms with Crippen LogP contribution in [0.2, 0.25) is 0 Å². The van der Waals surface area contributed by atoms with Crippen LogP contribution in [0.25, 0.3) is 0 Å². The predicted octanol–water partition coefficient (Wildman–Crippen LogP) is 5.70. The number of carbonyl (C=O) groups is 1. The van der Waals surface area contributed by atoms with E-state index in [1.165, 1.54) is 4.90 Å². The van der Waals surface area contributed by atoms with Crippen LogP contribution in [0.4, 0.5) is 34.6 Å². The number of aliphatic imine (C=N–C) groups is 1. The van der Waals surface area contributed by atoms with Crippen LogP contribution in [-0.4, -0.2) is 55.2 Å². The van der Waals surface area contributed by atoms with Crippen molar-refractivity contribution in [3.05, 3.63) is 83.7 Å². The lowest BCUT2D eigenvalue weighted by Crippen LogP contribution is -2.55. The monoisotopic (exact) mass is 542 g/mol. The van der Waals surface area contributed by atoms with E-state index in [2.05, 4.69) is 4.90 Å². The van der Waals surface area contributed by atoms with Gasteiger partial charge in [-0.3, -0.25) is 4.79 Å². The average molecular weight is 543 g/mol. The fraction of sp³-hybridized carbons (Fsp3) is 0.286. The Bertz CT molecular complexity index is 1400. The summed E-state index contributed by atoms with van der Waals surface area (Å²) >= 11 is 0. The number of methoxy groups -OCH3 is 1. The van der Waals surface area contributed by atoms with Crippen molar-refractivity contribution >= 4 is 29.0 Å². The summed E-state index contributed by atoms with van der Waals surface area (Å²) in [5, 5.41) is 9.74. The van der Waals surface area contributed by atoms with Crippen LogP contribution in [0.3, 0.4) is 0 Å². The summed E-state index contributed by atoms with van der Waals surface area (Å²) in [5.74, 6) is -1.15. The van der Waals surface area contributed by atoms with Crippen LogP contribution in [0.1, 0.15) is 23.6 Å². The van der Waals surface area contributed by atoms with Gasteiger partial charge in [-0.2, -0.15) is 13.2 Å². The van der Waals surface area contributed by atoms with Gasteiger partial charge in [0.05, 0.1) is 36.5 Å². The number of piperazine rings is 1. The molecule has 204 valence electrons. The van der Waals surface area contributed by atoms with Crippen LogP contribution in [0.15, 0.2) is 71.7 Å². The van der Waals surface area contributed by atoms with E-state index in [0.717, 1.165) is 17.8 Å². The number of hydrogen-bond acceptors (Lipinski definition) is 6. The maximum Gasteiger partial charge on any atom is 0.416 e. The molecule has 2 aliphatic heterocycles. The number of guanidine groups is 1. The first kappa shape index (κ1) is 26.3. The van der Waals surface area contributed by atoms with E-state index in [-0.39, 0.29) is 11.6 Å². The van der Waals surface area contributed by atoms with E-state index in [0.29, 0.717) is 49.2 Å². The second-order valence-corrected chi connectivity index (χ2v) is 9.29. The summed E-state index contributed by atoms with van der Waals surface area (Å²) in [6.07, 6.45) is -5.17. The SMILES string of the molecule is COc1cccc(N2CCN(C3=Nc4ccccc4C(CC(=O)O)N3c3cc(C(F)(F)F)ccc3F)CC2)c1. The van der Waals surface area contributed by atoms with Crippen molar-refractivity contribution in [1.82, 2.24) is 4.90 Å². The molecule has 11 heteroatoms. The Morgan fingerprint density at radius 1 is 1.00 bits per heavy atom. The van der Waals surface area contributed by atoms with Crippen molar-refractivity contribution in [2.45, 2.75) is 18.6 Å². The van der Waals surface area contributed by atoms with Crippen molar-refractivity contribution in [1.29, 1.82) is 0 Å². The molecule has 0 bridgehead atoms. The van der Waals surface area contributed by atoms with Gasteiger partial charge >= 0.3 is 12.1 Å². The highest BCUT2D eigenvalue weighted by atomic mass is 19.4. The van der Waals surface area contributed by atoms with Crippen molar-refractivity contribution < 1.29 is 32.2 Å². The van der Waals surface area contributed by atoms with Crippen LogP contribution >= 0.6 is 0 Å². The van der Waals surface area contributed by atoms with Crippen molar-refractivity contribution in [2.24, 2.45) is 4.99 Å². The largest absolute Gasteiger partial charge is 0.497 e. The first-order chi connectivity index (χ1) is 18.7. The summed E-state index contributed by atoms with van der Waals surface area (Å²) in [7, 11) is 1.59. The highest BCUT2D eigenvalue weighted by Gasteiger charge is 2.39. The van der Waals surface area contributed by atoms with Gasteiger partial charge in [-0.1, -0.05) is 24.3 Å². The third-order valence-corrected chi connectivity index (χ3v) is 6.93. The number of ether oxygens (including phenoxy) is 1. The molecule has 0 amide bonds. The third-order valence-electron chi connectivity index (χ3n) is 6.93. The van der Waals surface area contributed by atoms with E-state index < -0.39 is 36.0 Å². The van der Waals surface area contributed by atoms with Gasteiger partial charge in [0.25, 0.3) is 0 Å². The molecule has 3 aromatic carbocycles. The van der Waals surface area contributed by atoms with Gasteiger partial charge < -0.3 is 24.5 Å². The van der Waals surface area contributed by atoms with Gasteiger partial charge in [0, 0.05) is 43.5 Å². The van der Waals surface area contributed by atoms with Crippen LogP contribution in [-0.2, 0) is 11.0 Å². The quantitative estimate of drug-likeness (QED) is 0.418. The van der Waals surface area contributed by atoms with E-state index in [4.69, 9.17) is 9.73 Å². The zero-order valence-corrected chi connectivity index (χ0v) is 21.0. The maximum absolute atomic E-state index is 15.3. The molecule has 1 unspecified atom stereocenters. The molecule has 0 aliphatic carbocycles. The lowest BCUT2D eigenvalue weighted by atomic mass is 9.97. The minimum absolute atomic E-state index is 0.212. The fourth-order valence-corrected chi connectivity index (χ4v) is 5.02. The summed E-state index contributed by atoms with van der Waals surface area (Å²) in [4.78, 5) is 22.0. The minimum atomic E-state index is -4.71. The van der Waals surface area contributed by atoms with E-state index in [1.807, 2.05) is 29.2 Å². The Balaban J connectivity index is 1.55. The molecule has 1 N–H and O–H groups in total. The molecule has 3 aromatic rings. The molecular formula is C28H26F4N4O3. The molecule has 7 nitrogen and oxygen atoms in total. The highest BCUT2D eigenvalue weighted by molar-refractivity contribution is 6.01. The number of carboxylic acids is 1. The molecule has 0 radical (unpaired) electrons. The van der Waals surface area contributed by atoms with Gasteiger partial charge in [-0.15, -0.1) is 0 Å². The first-order valence-electron chi connectivity index (χ1n) is 12.3. The van der Waals surface area contributed by atoms with Crippen LogP contribution in [0, 0.1) is 5.82 Å². The van der Waals surface area contributed by atoms with Gasteiger partial charge in [-0.25, -0.2) is 9.38 Å². The molecule has 0 saturated carbocycles. The van der Waals surface area contributed by atoms with Gasteiger partial charge in [-0.05, 0) is 36.4 Å². The van der Waals surface area contributed by atoms with Crippen molar-refractivity contribution in [3.63, 3.8) is 0 Å². The molecule has 0 aromatic heterocycles. The zero-order chi connectivity index (χ0) is 27.7. The molecule has 39 heavy (non-hydrogen) atoms. The molecule has 1 atom stereocenters. The third kappa shape index (κ3) is 5.34. The number of halogens is 4. The Kier molecular flexibility index (Phi) is 7.07. The lowest BCUT2D eigenvalue weighted by molar-refractivity contribution is -0.138. The second-order valence-electron chi connectivity index (χ2n) is 9.29.